The summed E-state index contributed by atoms with van der Waals surface area (Å²) in [6, 6.07) is 8.83. The Hall–Kier alpha value is -1.55. The van der Waals surface area contributed by atoms with Crippen LogP contribution in [0, 0.1) is 12.8 Å². The molecule has 3 aromatic rings. The van der Waals surface area contributed by atoms with Crippen LogP contribution in [0.2, 0.25) is 0 Å². The van der Waals surface area contributed by atoms with Gasteiger partial charge in [-0.3, -0.25) is 0 Å². The average molecular weight is 419 g/mol. The number of benzene rings is 1. The monoisotopic (exact) mass is 418 g/mol. The zero-order chi connectivity index (χ0) is 18.0. The molecule has 0 unspecified atom stereocenters. The second-order valence-corrected chi connectivity index (χ2v) is 7.31. The molecular weight excluding hydrogens is 388 g/mol. The van der Waals surface area contributed by atoms with Crippen LogP contribution in [0.3, 0.4) is 0 Å². The van der Waals surface area contributed by atoms with Gasteiger partial charge in [-0.15, -0.1) is 0 Å². The van der Waals surface area contributed by atoms with Gasteiger partial charge < -0.3 is 26.3 Å². The number of halogens is 1. The number of rotatable bonds is 7. The van der Waals surface area contributed by atoms with E-state index in [9.17, 15) is 0 Å². The highest BCUT2D eigenvalue weighted by Crippen LogP contribution is 2.32. The molecule has 0 bridgehead atoms. The summed E-state index contributed by atoms with van der Waals surface area (Å²) < 4.78 is 10.8. The number of aromatic nitrogens is 2. The van der Waals surface area contributed by atoms with Crippen molar-refractivity contribution in [3.8, 4) is 5.75 Å². The molecule has 0 aliphatic carbocycles. The van der Waals surface area contributed by atoms with Crippen LogP contribution in [-0.2, 0) is 13.1 Å². The molecule has 0 N–H and O–H groups in total. The molecule has 0 aliphatic rings. The quantitative estimate of drug-likeness (QED) is 0.538. The summed E-state index contributed by atoms with van der Waals surface area (Å²) in [6.07, 6.45) is 4.42. The second kappa shape index (κ2) is 8.90. The fourth-order valence-electron chi connectivity index (χ4n) is 3.63. The van der Waals surface area contributed by atoms with Gasteiger partial charge in [0, 0.05) is 36.4 Å². The first kappa shape index (κ1) is 20.8. The highest BCUT2D eigenvalue weighted by atomic mass is 79.9. The van der Waals surface area contributed by atoms with E-state index in [2.05, 4.69) is 74.2 Å². The van der Waals surface area contributed by atoms with Gasteiger partial charge >= 0.3 is 0 Å². The number of hydrogen-bond donors (Lipinski definition) is 0. The molecule has 142 valence electrons. The molecule has 0 spiro atoms. The Morgan fingerprint density at radius 3 is 2.54 bits per heavy atom. The van der Waals surface area contributed by atoms with Gasteiger partial charge in [-0.25, -0.2) is 4.57 Å². The van der Waals surface area contributed by atoms with Gasteiger partial charge in [-0.05, 0) is 37.8 Å². The molecule has 0 atom stereocenters. The molecule has 1 aromatic carbocycles. The lowest BCUT2D eigenvalue weighted by atomic mass is 10.1. The van der Waals surface area contributed by atoms with E-state index < -0.39 is 0 Å². The maximum absolute atomic E-state index is 6.01. The lowest BCUT2D eigenvalue weighted by Crippen LogP contribution is -3.00. The molecule has 0 radical (unpaired) electrons. The van der Waals surface area contributed by atoms with E-state index in [4.69, 9.17) is 4.74 Å². The molecule has 2 heterocycles. The molecular formula is C22H31BrN2O. The fourth-order valence-corrected chi connectivity index (χ4v) is 3.63. The molecule has 0 saturated heterocycles. The summed E-state index contributed by atoms with van der Waals surface area (Å²) in [5, 5.41) is 2.67. The number of nitrogens with zero attached hydrogens (tertiary/aromatic N) is 2. The van der Waals surface area contributed by atoms with Gasteiger partial charge in [0.25, 0.3) is 0 Å². The van der Waals surface area contributed by atoms with Gasteiger partial charge in [0.05, 0.1) is 12.1 Å². The van der Waals surface area contributed by atoms with Crippen molar-refractivity contribution in [2.45, 2.75) is 60.5 Å². The van der Waals surface area contributed by atoms with Crippen molar-refractivity contribution in [1.29, 1.82) is 0 Å². The van der Waals surface area contributed by atoms with Crippen molar-refractivity contribution in [2.75, 3.05) is 6.61 Å². The Kier molecular flexibility index (Phi) is 7.10. The summed E-state index contributed by atoms with van der Waals surface area (Å²) in [4.78, 5) is 0. The third kappa shape index (κ3) is 3.90. The highest BCUT2D eigenvalue weighted by Gasteiger charge is 2.18. The number of ether oxygens (including phenoxy) is 1. The number of aryl methyl sites for hydroxylation is 3. The minimum absolute atomic E-state index is 0. The molecule has 3 nitrogen and oxygen atoms in total. The lowest BCUT2D eigenvalue weighted by Gasteiger charge is -2.10. The summed E-state index contributed by atoms with van der Waals surface area (Å²) in [5.74, 6) is 1.65. The number of fused-ring (bicyclic) bond motifs is 3. The Balaban J connectivity index is 0.00000243. The molecule has 2 aromatic heterocycles. The molecule has 4 heteroatoms. The summed E-state index contributed by atoms with van der Waals surface area (Å²) in [5.41, 5.74) is 3.99. The second-order valence-electron chi connectivity index (χ2n) is 7.31. The van der Waals surface area contributed by atoms with Crippen molar-refractivity contribution in [3.63, 3.8) is 0 Å². The van der Waals surface area contributed by atoms with Crippen molar-refractivity contribution < 1.29 is 26.3 Å². The van der Waals surface area contributed by atoms with E-state index in [0.717, 1.165) is 38.3 Å². The van der Waals surface area contributed by atoms with Gasteiger partial charge in [0.15, 0.2) is 6.20 Å². The van der Waals surface area contributed by atoms with Crippen LogP contribution in [0.5, 0.6) is 5.75 Å². The van der Waals surface area contributed by atoms with Crippen LogP contribution in [0.25, 0.3) is 21.8 Å². The van der Waals surface area contributed by atoms with E-state index in [1.807, 2.05) is 0 Å². The van der Waals surface area contributed by atoms with Gasteiger partial charge in [-0.1, -0.05) is 20.8 Å². The van der Waals surface area contributed by atoms with Gasteiger partial charge in [0.2, 0.25) is 5.69 Å². The van der Waals surface area contributed by atoms with E-state index in [-0.39, 0.29) is 17.0 Å². The molecule has 0 aliphatic heterocycles. The normalized spacial score (nSPS) is 11.3. The maximum Gasteiger partial charge on any atom is 0.202 e. The van der Waals surface area contributed by atoms with Crippen molar-refractivity contribution >= 4 is 21.8 Å². The largest absolute Gasteiger partial charge is 1.00 e. The van der Waals surface area contributed by atoms with Crippen LogP contribution in [0.4, 0.5) is 0 Å². The zero-order valence-corrected chi connectivity index (χ0v) is 18.3. The van der Waals surface area contributed by atoms with Gasteiger partial charge in [0.1, 0.15) is 17.8 Å². The minimum atomic E-state index is 0. The van der Waals surface area contributed by atoms with E-state index in [1.165, 1.54) is 27.5 Å². The van der Waals surface area contributed by atoms with Crippen molar-refractivity contribution in [3.05, 3.63) is 36.2 Å². The van der Waals surface area contributed by atoms with Crippen molar-refractivity contribution in [1.82, 2.24) is 4.57 Å². The summed E-state index contributed by atoms with van der Waals surface area (Å²) in [7, 11) is 0. The van der Waals surface area contributed by atoms with E-state index in [1.54, 1.807) is 0 Å². The minimum Gasteiger partial charge on any atom is -1.00 e. The van der Waals surface area contributed by atoms with Crippen molar-refractivity contribution in [2.24, 2.45) is 5.92 Å². The van der Waals surface area contributed by atoms with E-state index >= 15 is 0 Å². The van der Waals surface area contributed by atoms with Crippen LogP contribution < -0.4 is 26.3 Å². The zero-order valence-electron chi connectivity index (χ0n) is 16.7. The first-order valence-electron chi connectivity index (χ1n) is 9.64. The topological polar surface area (TPSA) is 18.0 Å². The Bertz CT molecular complexity index is 883. The first-order chi connectivity index (χ1) is 12.1. The van der Waals surface area contributed by atoms with Gasteiger partial charge in [-0.2, -0.15) is 0 Å². The third-order valence-corrected chi connectivity index (χ3v) is 5.02. The van der Waals surface area contributed by atoms with Crippen LogP contribution in [0.15, 0.2) is 30.5 Å². The molecule has 26 heavy (non-hydrogen) atoms. The Morgan fingerprint density at radius 2 is 1.88 bits per heavy atom. The first-order valence-corrected chi connectivity index (χ1v) is 9.64. The van der Waals surface area contributed by atoms with Crippen LogP contribution in [0.1, 0.15) is 46.2 Å². The fraction of sp³-hybridized carbons (Fsp3) is 0.500. The SMILES string of the molecule is CCCn1c2cc(OCCC(C)C)ccc2c2cc[n+](CC)c(C)c21.[Br-]. The predicted octanol–water partition coefficient (Wildman–Crippen LogP) is 2.25. The molecule has 0 amide bonds. The Labute approximate surface area is 167 Å². The highest BCUT2D eigenvalue weighted by molar-refractivity contribution is 6.08. The number of pyridine rings is 1. The Morgan fingerprint density at radius 1 is 1.12 bits per heavy atom. The summed E-state index contributed by atoms with van der Waals surface area (Å²) in [6.45, 7) is 14.0. The van der Waals surface area contributed by atoms with E-state index in [0.29, 0.717) is 5.92 Å². The standard InChI is InChI=1S/C22H31N2O.BrH/c1-6-12-24-21-15-18(25-14-11-16(3)4)8-9-19(21)20-10-13-23(7-2)17(5)22(20)24;/h8-10,13,15-16H,6-7,11-12,14H2,1-5H3;1H/q+1;/p-1. The maximum atomic E-state index is 6.01. The molecule has 0 saturated carbocycles. The smallest absolute Gasteiger partial charge is 0.202 e. The summed E-state index contributed by atoms with van der Waals surface area (Å²) >= 11 is 0. The average Bonchev–Trinajstić information content (AvgIpc) is 2.90. The lowest BCUT2D eigenvalue weighted by molar-refractivity contribution is -0.698. The third-order valence-electron chi connectivity index (χ3n) is 5.02. The predicted molar refractivity (Wildman–Crippen MR) is 105 cm³/mol. The molecule has 3 rings (SSSR count). The van der Waals surface area contributed by atoms with Crippen LogP contribution >= 0.6 is 0 Å². The molecule has 0 fully saturated rings. The number of hydrogen-bond acceptors (Lipinski definition) is 1. The van der Waals surface area contributed by atoms with Crippen LogP contribution in [-0.4, -0.2) is 11.2 Å².